The Morgan fingerprint density at radius 3 is 2.45 bits per heavy atom. The molecule has 0 bridgehead atoms. The summed E-state index contributed by atoms with van der Waals surface area (Å²) in [6.45, 7) is 8.35. The van der Waals surface area contributed by atoms with Crippen LogP contribution < -0.4 is 16.7 Å². The quantitative estimate of drug-likeness (QED) is 0.214. The molecule has 4 aliphatic rings. The Balaban J connectivity index is 0.970. The van der Waals surface area contributed by atoms with E-state index in [-0.39, 0.29) is 23.7 Å². The summed E-state index contributed by atoms with van der Waals surface area (Å²) in [6, 6.07) is 6.16. The van der Waals surface area contributed by atoms with Gasteiger partial charge in [0.05, 0.1) is 28.7 Å². The largest absolute Gasteiger partial charge is 0.365 e. The lowest BCUT2D eigenvalue weighted by Gasteiger charge is -2.39. The Labute approximate surface area is 284 Å². The topological polar surface area (TPSA) is 101 Å². The van der Waals surface area contributed by atoms with Gasteiger partial charge in [0.15, 0.2) is 0 Å². The van der Waals surface area contributed by atoms with Crippen molar-refractivity contribution < 1.29 is 9.53 Å². The highest BCUT2D eigenvalue weighted by Crippen LogP contribution is 2.33. The van der Waals surface area contributed by atoms with Gasteiger partial charge in [0.1, 0.15) is 6.61 Å². The number of benzene rings is 1. The maximum absolute atomic E-state index is 13.5. The van der Waals surface area contributed by atoms with E-state index in [0.29, 0.717) is 25.5 Å². The molecule has 3 N–H and O–H groups in total. The number of likely N-dealkylation sites (tertiary alicyclic amines) is 1. The molecule has 0 radical (unpaired) electrons. The third kappa shape index (κ3) is 9.11. The summed E-state index contributed by atoms with van der Waals surface area (Å²) in [5.74, 6) is 7.31. The van der Waals surface area contributed by atoms with Crippen molar-refractivity contribution >= 4 is 29.1 Å². The number of aryl methyl sites for hydroxylation is 1. The maximum atomic E-state index is 13.5. The van der Waals surface area contributed by atoms with Crippen LogP contribution in [0.25, 0.3) is 11.0 Å². The monoisotopic (exact) mass is 663 g/mol. The minimum atomic E-state index is -0.157. The minimum absolute atomic E-state index is 0.0140. The van der Waals surface area contributed by atoms with Gasteiger partial charge in [-0.2, -0.15) is 0 Å². The van der Waals surface area contributed by atoms with E-state index in [4.69, 9.17) is 10.5 Å². The Morgan fingerprint density at radius 2 is 1.77 bits per heavy atom. The molecule has 47 heavy (non-hydrogen) atoms. The van der Waals surface area contributed by atoms with E-state index in [2.05, 4.69) is 36.7 Å². The molecular formula is C36H53N7O3S. The summed E-state index contributed by atoms with van der Waals surface area (Å²) in [4.78, 5) is 28.2. The first-order chi connectivity index (χ1) is 22.9. The molecule has 11 heteroatoms. The second-order valence-corrected chi connectivity index (χ2v) is 15.0. The second-order valence-electron chi connectivity index (χ2n) is 13.8. The molecule has 10 nitrogen and oxygen atoms in total. The average molecular weight is 664 g/mol. The van der Waals surface area contributed by atoms with Crippen molar-refractivity contribution in [3.8, 4) is 11.8 Å². The molecule has 256 valence electrons. The van der Waals surface area contributed by atoms with Crippen LogP contribution >= 0.6 is 12.1 Å². The molecule has 0 spiro atoms. The van der Waals surface area contributed by atoms with Gasteiger partial charge in [-0.05, 0) is 75.8 Å². The molecule has 3 aliphatic heterocycles. The van der Waals surface area contributed by atoms with Crippen molar-refractivity contribution in [2.75, 3.05) is 59.5 Å². The van der Waals surface area contributed by atoms with E-state index in [0.717, 1.165) is 87.2 Å². The number of carbonyl (C=O) groups excluding carboxylic acids is 1. The molecule has 1 aromatic carbocycles. The second kappa shape index (κ2) is 16.2. The average Bonchev–Trinajstić information content (AvgIpc) is 3.87. The predicted molar refractivity (Wildman–Crippen MR) is 190 cm³/mol. The van der Waals surface area contributed by atoms with Crippen molar-refractivity contribution in [2.24, 2.45) is 18.7 Å². The zero-order valence-electron chi connectivity index (χ0n) is 28.3. The van der Waals surface area contributed by atoms with E-state index in [9.17, 15) is 9.59 Å². The number of rotatable bonds is 11. The summed E-state index contributed by atoms with van der Waals surface area (Å²) < 4.78 is 14.8. The summed E-state index contributed by atoms with van der Waals surface area (Å²) in [5.41, 5.74) is 9.86. The zero-order valence-corrected chi connectivity index (χ0v) is 29.1. The van der Waals surface area contributed by atoms with Gasteiger partial charge in [-0.3, -0.25) is 13.9 Å². The predicted octanol–water partition coefficient (Wildman–Crippen LogP) is 3.66. The van der Waals surface area contributed by atoms with Gasteiger partial charge >= 0.3 is 5.69 Å². The van der Waals surface area contributed by atoms with Crippen molar-refractivity contribution in [3.05, 3.63) is 45.9 Å². The fourth-order valence-electron chi connectivity index (χ4n) is 7.27. The van der Waals surface area contributed by atoms with Crippen molar-refractivity contribution in [2.45, 2.75) is 82.4 Å². The van der Waals surface area contributed by atoms with E-state index < -0.39 is 0 Å². The number of hydrogen-bond acceptors (Lipinski definition) is 8. The molecular weight excluding hydrogens is 611 g/mol. The zero-order chi connectivity index (χ0) is 32.8. The number of nitrogens with two attached hydrogens (primary N) is 1. The highest BCUT2D eigenvalue weighted by atomic mass is 32.2. The highest BCUT2D eigenvalue weighted by Gasteiger charge is 2.27. The number of piperidine rings is 3. The van der Waals surface area contributed by atoms with Crippen LogP contribution in [0.2, 0.25) is 0 Å². The number of nitrogens with one attached hydrogen (secondary N) is 1. The Bertz CT molecular complexity index is 1510. The van der Waals surface area contributed by atoms with E-state index >= 15 is 0 Å². The van der Waals surface area contributed by atoms with Crippen LogP contribution in [0.5, 0.6) is 0 Å². The first-order valence-electron chi connectivity index (χ1n) is 17.7. The molecule has 1 saturated carbocycles. The molecule has 1 aliphatic carbocycles. The first-order valence-corrected chi connectivity index (χ1v) is 18.5. The molecule has 3 saturated heterocycles. The van der Waals surface area contributed by atoms with Crippen molar-refractivity contribution in [1.29, 1.82) is 0 Å². The van der Waals surface area contributed by atoms with E-state index in [1.54, 1.807) is 11.6 Å². The van der Waals surface area contributed by atoms with Crippen LogP contribution in [-0.2, 0) is 16.6 Å². The minimum Gasteiger partial charge on any atom is -0.365 e. The van der Waals surface area contributed by atoms with Crippen LogP contribution in [0, 0.1) is 17.8 Å². The Hall–Kier alpha value is -2.59. The van der Waals surface area contributed by atoms with Crippen LogP contribution in [0.3, 0.4) is 0 Å². The third-order valence-electron chi connectivity index (χ3n) is 10.3. The van der Waals surface area contributed by atoms with Gasteiger partial charge < -0.3 is 20.7 Å². The first kappa shape index (κ1) is 34.3. The highest BCUT2D eigenvalue weighted by molar-refractivity contribution is 7.94. The SMILES string of the molecule is CNC(=O)CCC(C=C1CC1)n1c(=O)n(C)c2c(C#CCOC3CCN(CC4CCN(SN5CCC(N)CC5)CC4)CC3)cccc21. The normalized spacial score (nSPS) is 21.5. The lowest BCUT2D eigenvalue weighted by molar-refractivity contribution is -0.120. The number of para-hydroxylation sites is 1. The van der Waals surface area contributed by atoms with E-state index in [1.165, 1.54) is 38.0 Å². The lowest BCUT2D eigenvalue weighted by Crippen LogP contribution is -2.43. The molecule has 1 amide bonds. The summed E-state index contributed by atoms with van der Waals surface area (Å²) in [7, 11) is 3.46. The van der Waals surface area contributed by atoms with Gasteiger partial charge in [0.25, 0.3) is 0 Å². The number of hydrogen-bond donors (Lipinski definition) is 2. The standard InChI is InChI=1S/C36H53N7O3S/c1-38-34(44)11-10-31(25-27-8-9-27)43-33-7-3-5-29(35(33)39(2)36(43)45)6-4-24-46-32-16-18-40(19-17-32)26-28-12-20-41(21-13-28)47-42-22-14-30(37)15-23-42/h3,5,7,25,28,30-32H,8-24,26,37H2,1-2H3,(H,38,44). The number of allylic oxidation sites excluding steroid dienone is 2. The molecule has 4 heterocycles. The van der Waals surface area contributed by atoms with Crippen molar-refractivity contribution in [1.82, 2.24) is 28.0 Å². The van der Waals surface area contributed by atoms with Gasteiger partial charge in [0, 0.05) is 84.5 Å². The number of imidazole rings is 1. The molecule has 6 rings (SSSR count). The maximum Gasteiger partial charge on any atom is 0.329 e. The van der Waals surface area contributed by atoms with Gasteiger partial charge in [-0.15, -0.1) is 0 Å². The molecule has 1 unspecified atom stereocenters. The Kier molecular flexibility index (Phi) is 11.8. The third-order valence-corrected chi connectivity index (χ3v) is 11.5. The van der Waals surface area contributed by atoms with Crippen LogP contribution in [0.1, 0.15) is 75.8 Å². The fraction of sp³-hybridized carbons (Fsp3) is 0.667. The lowest BCUT2D eigenvalue weighted by atomic mass is 9.96. The fourth-order valence-corrected chi connectivity index (χ4v) is 8.35. The van der Waals surface area contributed by atoms with Crippen LogP contribution in [0.4, 0.5) is 0 Å². The van der Waals surface area contributed by atoms with Crippen molar-refractivity contribution in [3.63, 3.8) is 0 Å². The van der Waals surface area contributed by atoms with Gasteiger partial charge in [0.2, 0.25) is 5.91 Å². The van der Waals surface area contributed by atoms with Gasteiger partial charge in [-0.25, -0.2) is 13.4 Å². The number of carbonyl (C=O) groups is 1. The smallest absolute Gasteiger partial charge is 0.329 e. The molecule has 2 aromatic rings. The molecule has 1 aromatic heterocycles. The number of fused-ring (bicyclic) bond motifs is 1. The number of ether oxygens (including phenoxy) is 1. The summed E-state index contributed by atoms with van der Waals surface area (Å²) >= 11 is 1.95. The Morgan fingerprint density at radius 1 is 1.06 bits per heavy atom. The summed E-state index contributed by atoms with van der Waals surface area (Å²) in [6.07, 6.45) is 12.4. The number of amides is 1. The van der Waals surface area contributed by atoms with Crippen LogP contribution in [-0.4, -0.2) is 100 Å². The molecule has 1 atom stereocenters. The van der Waals surface area contributed by atoms with Gasteiger partial charge in [-0.1, -0.05) is 29.6 Å². The molecule has 4 fully saturated rings. The number of nitrogens with zero attached hydrogens (tertiary/aromatic N) is 5. The summed E-state index contributed by atoms with van der Waals surface area (Å²) in [5, 5.41) is 2.70. The number of aromatic nitrogens is 2. The van der Waals surface area contributed by atoms with E-state index in [1.807, 2.05) is 41.9 Å². The van der Waals surface area contributed by atoms with Crippen LogP contribution in [0.15, 0.2) is 34.6 Å².